The van der Waals surface area contributed by atoms with E-state index < -0.39 is 23.7 Å². The Kier molecular flexibility index (Phi) is 7.49. The van der Waals surface area contributed by atoms with Gasteiger partial charge in [0.1, 0.15) is 5.75 Å². The van der Waals surface area contributed by atoms with Gasteiger partial charge in [-0.2, -0.15) is 0 Å². The third kappa shape index (κ3) is 6.80. The van der Waals surface area contributed by atoms with E-state index in [1.165, 1.54) is 37.3 Å². The van der Waals surface area contributed by atoms with Crippen molar-refractivity contribution in [3.8, 4) is 5.75 Å². The first kappa shape index (κ1) is 23.3. The molecule has 7 nitrogen and oxygen atoms in total. The molecule has 2 aliphatic rings. The van der Waals surface area contributed by atoms with Gasteiger partial charge in [0.2, 0.25) is 0 Å². The molecule has 0 saturated carbocycles. The first-order chi connectivity index (χ1) is 14.0. The number of ether oxygens (including phenoxy) is 1. The van der Waals surface area contributed by atoms with Gasteiger partial charge in [0.05, 0.1) is 5.41 Å². The van der Waals surface area contributed by atoms with Crippen LogP contribution >= 0.6 is 0 Å². The zero-order chi connectivity index (χ0) is 22.4. The first-order valence-corrected chi connectivity index (χ1v) is 9.17. The molecule has 10 heteroatoms. The predicted molar refractivity (Wildman–Crippen MR) is 103 cm³/mol. The maximum atomic E-state index is 12.0. The van der Waals surface area contributed by atoms with Gasteiger partial charge in [-0.1, -0.05) is 18.2 Å². The number of piperazine rings is 1. The molecule has 0 unspecified atom stereocenters. The smallest absolute Gasteiger partial charge is 0.481 e. The fourth-order valence-corrected chi connectivity index (χ4v) is 2.97. The van der Waals surface area contributed by atoms with E-state index in [-0.39, 0.29) is 17.7 Å². The van der Waals surface area contributed by atoms with E-state index in [2.05, 4.69) is 15.0 Å². The molecule has 1 atom stereocenters. The molecule has 1 aliphatic carbocycles. The predicted octanol–water partition coefficient (Wildman–Crippen LogP) is 3.04. The van der Waals surface area contributed by atoms with Crippen LogP contribution in [0.15, 0.2) is 48.1 Å². The van der Waals surface area contributed by atoms with Crippen LogP contribution in [0, 0.1) is 5.41 Å². The van der Waals surface area contributed by atoms with Crippen molar-refractivity contribution in [1.29, 1.82) is 0 Å². The molecule has 3 rings (SSSR count). The van der Waals surface area contributed by atoms with Crippen LogP contribution < -0.4 is 15.0 Å². The molecule has 30 heavy (non-hydrogen) atoms. The Bertz CT molecular complexity index is 815. The van der Waals surface area contributed by atoms with Gasteiger partial charge in [-0.15, -0.1) is 13.2 Å². The minimum Gasteiger partial charge on any atom is -0.481 e. The van der Waals surface area contributed by atoms with Crippen LogP contribution in [0.2, 0.25) is 0 Å². The lowest BCUT2D eigenvalue weighted by atomic mass is 9.80. The zero-order valence-electron chi connectivity index (χ0n) is 16.3. The highest BCUT2D eigenvalue weighted by Gasteiger charge is 2.34. The summed E-state index contributed by atoms with van der Waals surface area (Å²) in [6, 6.07) is 5.97. The van der Waals surface area contributed by atoms with Crippen molar-refractivity contribution in [2.45, 2.75) is 19.7 Å². The Morgan fingerprint density at radius 1 is 1.13 bits per heavy atom. The molecular formula is C20H23F3N2O5. The number of nitrogens with zero attached hydrogens (tertiary/aromatic N) is 1. The Morgan fingerprint density at radius 2 is 1.73 bits per heavy atom. The van der Waals surface area contributed by atoms with Crippen LogP contribution in [0.1, 0.15) is 13.3 Å². The molecular weight excluding hydrogens is 405 g/mol. The second-order valence-corrected chi connectivity index (χ2v) is 7.03. The van der Waals surface area contributed by atoms with Crippen LogP contribution in [-0.4, -0.2) is 54.7 Å². The number of carboxylic acid groups (broad SMARTS) is 2. The quantitative estimate of drug-likeness (QED) is 0.678. The van der Waals surface area contributed by atoms with Crippen LogP contribution in [0.25, 0.3) is 0 Å². The van der Waals surface area contributed by atoms with Gasteiger partial charge in [0.25, 0.3) is 0 Å². The number of hydrogen-bond donors (Lipinski definition) is 3. The van der Waals surface area contributed by atoms with E-state index in [0.717, 1.165) is 31.9 Å². The molecule has 1 aromatic rings. The molecule has 3 N–H and O–H groups in total. The third-order valence-corrected chi connectivity index (χ3v) is 4.63. The lowest BCUT2D eigenvalue weighted by Crippen LogP contribution is -2.43. The molecule has 164 valence electrons. The number of rotatable bonds is 4. The fraction of sp³-hybridized carbons (Fsp3) is 0.400. The minimum atomic E-state index is -4.63. The van der Waals surface area contributed by atoms with Crippen molar-refractivity contribution in [3.63, 3.8) is 0 Å². The summed E-state index contributed by atoms with van der Waals surface area (Å²) in [4.78, 5) is 23.5. The lowest BCUT2D eigenvalue weighted by Gasteiger charge is -2.29. The molecule has 0 aromatic heterocycles. The number of nitrogens with one attached hydrogen (secondary N) is 1. The van der Waals surface area contributed by atoms with Gasteiger partial charge in [-0.25, -0.2) is 4.79 Å². The monoisotopic (exact) mass is 428 g/mol. The number of alkyl halides is 3. The summed E-state index contributed by atoms with van der Waals surface area (Å²) in [5.41, 5.74) is -0.0314. The number of aliphatic carboxylic acids is 2. The van der Waals surface area contributed by atoms with Crippen LogP contribution in [0.3, 0.4) is 0 Å². The zero-order valence-corrected chi connectivity index (χ0v) is 16.3. The van der Waals surface area contributed by atoms with Crippen molar-refractivity contribution in [2.24, 2.45) is 5.41 Å². The summed E-state index contributed by atoms with van der Waals surface area (Å²) in [7, 11) is 0. The van der Waals surface area contributed by atoms with Gasteiger partial charge in [-0.05, 0) is 37.6 Å². The average Bonchev–Trinajstić information content (AvgIpc) is 2.68. The molecule has 1 aromatic carbocycles. The van der Waals surface area contributed by atoms with Crippen molar-refractivity contribution in [1.82, 2.24) is 5.32 Å². The molecule has 1 aliphatic heterocycles. The van der Waals surface area contributed by atoms with Crippen molar-refractivity contribution < 1.29 is 37.7 Å². The SMILES string of the molecule is C[C@@]1(C(=O)O)C=CC=C(C(=O)O)C1.FC(F)(F)Oc1ccc(N2CCNCC2)cc1. The van der Waals surface area contributed by atoms with Crippen LogP contribution in [0.5, 0.6) is 5.75 Å². The van der Waals surface area contributed by atoms with E-state index in [4.69, 9.17) is 10.2 Å². The van der Waals surface area contributed by atoms with Gasteiger partial charge >= 0.3 is 18.3 Å². The van der Waals surface area contributed by atoms with Gasteiger partial charge in [0, 0.05) is 37.4 Å². The number of halogens is 3. The summed E-state index contributed by atoms with van der Waals surface area (Å²) >= 11 is 0. The molecule has 0 spiro atoms. The molecule has 0 bridgehead atoms. The van der Waals surface area contributed by atoms with Gasteiger partial charge in [-0.3, -0.25) is 4.79 Å². The van der Waals surface area contributed by atoms with E-state index in [9.17, 15) is 22.8 Å². The summed E-state index contributed by atoms with van der Waals surface area (Å²) in [5, 5.41) is 20.7. The van der Waals surface area contributed by atoms with Crippen molar-refractivity contribution >= 4 is 17.6 Å². The maximum absolute atomic E-state index is 12.0. The molecule has 1 heterocycles. The molecule has 1 saturated heterocycles. The normalized spacial score (nSPS) is 21.2. The molecule has 0 amide bonds. The average molecular weight is 428 g/mol. The van der Waals surface area contributed by atoms with Crippen LogP contribution in [0.4, 0.5) is 18.9 Å². The largest absolute Gasteiger partial charge is 0.573 e. The Labute approximate surface area is 171 Å². The maximum Gasteiger partial charge on any atom is 0.573 e. The highest BCUT2D eigenvalue weighted by molar-refractivity contribution is 5.90. The van der Waals surface area contributed by atoms with Crippen molar-refractivity contribution in [2.75, 3.05) is 31.1 Å². The number of carboxylic acids is 2. The third-order valence-electron chi connectivity index (χ3n) is 4.63. The minimum absolute atomic E-state index is 0.0359. The standard InChI is InChI=1S/C11H13F3N2O.C9H10O4/c12-11(13,14)17-10-3-1-9(2-4-10)16-7-5-15-6-8-16;1-9(8(12)13)4-2-3-6(5-9)7(10)11/h1-4,15H,5-8H2;2-4H,5H2,1H3,(H,10,11)(H,12,13)/t;9-/m.1/s1. The molecule has 1 fully saturated rings. The number of benzene rings is 1. The van der Waals surface area contributed by atoms with Crippen LogP contribution in [-0.2, 0) is 9.59 Å². The molecule has 0 radical (unpaired) electrons. The van der Waals surface area contributed by atoms with Crippen molar-refractivity contribution in [3.05, 3.63) is 48.1 Å². The highest BCUT2D eigenvalue weighted by atomic mass is 19.4. The second-order valence-electron chi connectivity index (χ2n) is 7.03. The van der Waals surface area contributed by atoms with E-state index in [1.807, 2.05) is 0 Å². The fourth-order valence-electron chi connectivity index (χ4n) is 2.97. The topological polar surface area (TPSA) is 99.1 Å². The second kappa shape index (κ2) is 9.66. The summed E-state index contributed by atoms with van der Waals surface area (Å²) in [6.07, 6.45) is -0.194. The Balaban J connectivity index is 0.000000222. The number of hydrogen-bond acceptors (Lipinski definition) is 5. The van der Waals surface area contributed by atoms with E-state index in [1.54, 1.807) is 12.1 Å². The van der Waals surface area contributed by atoms with E-state index in [0.29, 0.717) is 0 Å². The Hall–Kier alpha value is -3.01. The summed E-state index contributed by atoms with van der Waals surface area (Å²) in [5.74, 6) is -2.25. The number of carbonyl (C=O) groups is 2. The lowest BCUT2D eigenvalue weighted by molar-refractivity contribution is -0.274. The Morgan fingerprint density at radius 3 is 2.23 bits per heavy atom. The number of allylic oxidation sites excluding steroid dienone is 2. The van der Waals surface area contributed by atoms with Gasteiger partial charge < -0.3 is 25.2 Å². The summed E-state index contributed by atoms with van der Waals surface area (Å²) in [6.45, 7) is 5.00. The van der Waals surface area contributed by atoms with E-state index >= 15 is 0 Å². The summed E-state index contributed by atoms with van der Waals surface area (Å²) < 4.78 is 39.7. The first-order valence-electron chi connectivity index (χ1n) is 9.17. The highest BCUT2D eigenvalue weighted by Crippen LogP contribution is 2.31. The number of anilines is 1. The van der Waals surface area contributed by atoms with Gasteiger partial charge in [0.15, 0.2) is 0 Å².